The number of ether oxygens (including phenoxy) is 1. The van der Waals surface area contributed by atoms with Crippen LogP contribution < -0.4 is 10.2 Å². The third-order valence-electron chi connectivity index (χ3n) is 4.27. The Morgan fingerprint density at radius 1 is 1.38 bits per heavy atom. The topological polar surface area (TPSA) is 54.5 Å². The highest BCUT2D eigenvalue weighted by Gasteiger charge is 2.31. The van der Waals surface area contributed by atoms with Crippen LogP contribution in [0, 0.1) is 0 Å². The van der Waals surface area contributed by atoms with Crippen LogP contribution in [-0.2, 0) is 11.2 Å². The molecule has 2 heterocycles. The van der Waals surface area contributed by atoms with Crippen LogP contribution in [-0.4, -0.2) is 37.2 Å². The minimum absolute atomic E-state index is 0.000455. The van der Waals surface area contributed by atoms with Gasteiger partial charge >= 0.3 is 0 Å². The number of methoxy groups -OCH3 is 1. The molecule has 1 aliphatic rings. The second-order valence-corrected chi connectivity index (χ2v) is 6.09. The van der Waals surface area contributed by atoms with E-state index < -0.39 is 0 Å². The largest absolute Gasteiger partial charge is 0.385 e. The summed E-state index contributed by atoms with van der Waals surface area (Å²) < 4.78 is 5.04. The van der Waals surface area contributed by atoms with Crippen molar-refractivity contribution in [1.29, 1.82) is 0 Å². The molecule has 1 amide bonds. The number of nitrogens with zero attached hydrogens (tertiary/aromatic N) is 2. The lowest BCUT2D eigenvalue weighted by Crippen LogP contribution is -2.35. The summed E-state index contributed by atoms with van der Waals surface area (Å²) in [4.78, 5) is 19.1. The van der Waals surface area contributed by atoms with Crippen molar-refractivity contribution in [3.8, 4) is 0 Å². The van der Waals surface area contributed by atoms with Crippen molar-refractivity contribution in [1.82, 2.24) is 4.98 Å². The number of carbonyl (C=O) groups excluding carboxylic acids is 1. The van der Waals surface area contributed by atoms with Crippen LogP contribution in [0.1, 0.15) is 29.3 Å². The predicted octanol–water partition coefficient (Wildman–Crippen LogP) is 3.12. The van der Waals surface area contributed by atoms with Crippen LogP contribution in [0.15, 0.2) is 42.7 Å². The quantitative estimate of drug-likeness (QED) is 0.829. The van der Waals surface area contributed by atoms with Crippen LogP contribution in [0.2, 0.25) is 0 Å². The lowest BCUT2D eigenvalue weighted by Gasteiger charge is -2.23. The fourth-order valence-corrected chi connectivity index (χ4v) is 3.12. The monoisotopic (exact) mass is 325 g/mol. The zero-order valence-corrected chi connectivity index (χ0v) is 14.2. The summed E-state index contributed by atoms with van der Waals surface area (Å²) >= 11 is 0. The number of amides is 1. The number of benzene rings is 1. The van der Waals surface area contributed by atoms with Gasteiger partial charge in [-0.05, 0) is 37.5 Å². The predicted molar refractivity (Wildman–Crippen MR) is 95.6 cm³/mol. The normalized spacial score (nSPS) is 16.1. The Labute approximate surface area is 142 Å². The van der Waals surface area contributed by atoms with E-state index in [1.54, 1.807) is 19.5 Å². The number of para-hydroxylation sites is 1. The van der Waals surface area contributed by atoms with E-state index in [0.29, 0.717) is 12.2 Å². The number of fused-ring (bicyclic) bond motifs is 1. The summed E-state index contributed by atoms with van der Waals surface area (Å²) in [5.41, 5.74) is 3.70. The molecule has 0 bridgehead atoms. The van der Waals surface area contributed by atoms with Crippen molar-refractivity contribution in [2.45, 2.75) is 25.8 Å². The van der Waals surface area contributed by atoms with Gasteiger partial charge < -0.3 is 15.0 Å². The third-order valence-corrected chi connectivity index (χ3v) is 4.27. The average molecular weight is 325 g/mol. The summed E-state index contributed by atoms with van der Waals surface area (Å²) in [6, 6.07) is 10.1. The smallest absolute Gasteiger partial charge is 0.260 e. The molecule has 0 spiro atoms. The molecule has 5 nitrogen and oxygen atoms in total. The molecule has 1 aromatic heterocycles. The zero-order valence-electron chi connectivity index (χ0n) is 14.2. The number of rotatable bonds is 6. The van der Waals surface area contributed by atoms with Gasteiger partial charge in [0.1, 0.15) is 0 Å². The molecule has 0 radical (unpaired) electrons. The van der Waals surface area contributed by atoms with Crippen molar-refractivity contribution in [2.75, 3.05) is 30.5 Å². The van der Waals surface area contributed by atoms with E-state index in [-0.39, 0.29) is 11.9 Å². The second kappa shape index (κ2) is 7.45. The molecule has 0 saturated heterocycles. The first-order chi connectivity index (χ1) is 11.7. The van der Waals surface area contributed by atoms with Crippen LogP contribution in [0.5, 0.6) is 0 Å². The van der Waals surface area contributed by atoms with E-state index >= 15 is 0 Å². The van der Waals surface area contributed by atoms with E-state index in [1.165, 1.54) is 5.56 Å². The number of carbonyl (C=O) groups is 1. The van der Waals surface area contributed by atoms with Gasteiger partial charge in [0.25, 0.3) is 5.91 Å². The molecule has 2 aromatic rings. The fraction of sp³-hybridized carbons (Fsp3) is 0.368. The lowest BCUT2D eigenvalue weighted by molar-refractivity contribution is 0.0981. The highest BCUT2D eigenvalue weighted by atomic mass is 16.5. The first kappa shape index (κ1) is 16.5. The van der Waals surface area contributed by atoms with Crippen molar-refractivity contribution < 1.29 is 9.53 Å². The Balaban J connectivity index is 1.76. The van der Waals surface area contributed by atoms with Crippen LogP contribution in [0.25, 0.3) is 0 Å². The Morgan fingerprint density at radius 3 is 3.04 bits per heavy atom. The maximum absolute atomic E-state index is 13.0. The number of nitrogens with one attached hydrogen (secondary N) is 1. The van der Waals surface area contributed by atoms with E-state index in [2.05, 4.69) is 23.3 Å². The minimum atomic E-state index is 0.000455. The lowest BCUT2D eigenvalue weighted by atomic mass is 10.1. The highest BCUT2D eigenvalue weighted by molar-refractivity contribution is 6.08. The molecule has 126 valence electrons. The van der Waals surface area contributed by atoms with Crippen molar-refractivity contribution in [3.05, 3.63) is 53.9 Å². The van der Waals surface area contributed by atoms with Gasteiger partial charge in [0.15, 0.2) is 0 Å². The van der Waals surface area contributed by atoms with Gasteiger partial charge in [-0.25, -0.2) is 0 Å². The van der Waals surface area contributed by atoms with Crippen molar-refractivity contribution >= 4 is 17.3 Å². The number of hydrogen-bond acceptors (Lipinski definition) is 4. The van der Waals surface area contributed by atoms with Crippen molar-refractivity contribution in [2.24, 2.45) is 0 Å². The molecule has 0 fully saturated rings. The number of aromatic nitrogens is 1. The average Bonchev–Trinajstić information content (AvgIpc) is 2.94. The molecule has 3 rings (SSSR count). The van der Waals surface area contributed by atoms with E-state index in [4.69, 9.17) is 4.74 Å². The molecule has 1 aliphatic heterocycles. The van der Waals surface area contributed by atoms with E-state index in [1.807, 2.05) is 29.2 Å². The maximum Gasteiger partial charge on any atom is 0.260 e. The van der Waals surface area contributed by atoms with Gasteiger partial charge in [0, 0.05) is 44.4 Å². The summed E-state index contributed by atoms with van der Waals surface area (Å²) in [6.07, 6.45) is 5.18. The number of pyridine rings is 1. The standard InChI is InChI=1S/C19H23N3O2/c1-14-10-15-6-3-4-7-18(15)22(14)19(23)16-11-17(13-20-12-16)21-8-5-9-24-2/h3-4,6-7,11-14,21H,5,8-10H2,1-2H3. The summed E-state index contributed by atoms with van der Waals surface area (Å²) in [7, 11) is 1.69. The van der Waals surface area contributed by atoms with Gasteiger partial charge in [-0.1, -0.05) is 18.2 Å². The van der Waals surface area contributed by atoms with E-state index in [0.717, 1.165) is 30.8 Å². The fourth-order valence-electron chi connectivity index (χ4n) is 3.12. The maximum atomic E-state index is 13.0. The molecule has 5 heteroatoms. The van der Waals surface area contributed by atoms with Crippen LogP contribution in [0.3, 0.4) is 0 Å². The van der Waals surface area contributed by atoms with Gasteiger partial charge in [0.05, 0.1) is 11.3 Å². The van der Waals surface area contributed by atoms with E-state index in [9.17, 15) is 4.79 Å². The van der Waals surface area contributed by atoms with Gasteiger partial charge in [0.2, 0.25) is 0 Å². The molecule has 1 N–H and O–H groups in total. The molecule has 1 aromatic carbocycles. The summed E-state index contributed by atoms with van der Waals surface area (Å²) in [6.45, 7) is 3.58. The zero-order chi connectivity index (χ0) is 16.9. The third kappa shape index (κ3) is 3.41. The molecule has 0 aliphatic carbocycles. The van der Waals surface area contributed by atoms with Gasteiger partial charge in [-0.15, -0.1) is 0 Å². The molecule has 0 saturated carbocycles. The Bertz CT molecular complexity index is 717. The second-order valence-electron chi connectivity index (χ2n) is 6.09. The Kier molecular flexibility index (Phi) is 5.11. The SMILES string of the molecule is COCCCNc1cncc(C(=O)N2c3ccccc3CC2C)c1. The molecular formula is C19H23N3O2. The van der Waals surface area contributed by atoms with Gasteiger partial charge in [-0.3, -0.25) is 9.78 Å². The minimum Gasteiger partial charge on any atom is -0.385 e. The molecule has 1 unspecified atom stereocenters. The molecule has 1 atom stereocenters. The summed E-state index contributed by atoms with van der Waals surface area (Å²) in [5.74, 6) is 0.000455. The highest BCUT2D eigenvalue weighted by Crippen LogP contribution is 2.33. The molecular weight excluding hydrogens is 302 g/mol. The van der Waals surface area contributed by atoms with Crippen LogP contribution in [0.4, 0.5) is 11.4 Å². The Hall–Kier alpha value is -2.40. The number of anilines is 2. The first-order valence-electron chi connectivity index (χ1n) is 8.30. The number of hydrogen-bond donors (Lipinski definition) is 1. The Morgan fingerprint density at radius 2 is 2.21 bits per heavy atom. The molecule has 24 heavy (non-hydrogen) atoms. The van der Waals surface area contributed by atoms with Crippen molar-refractivity contribution in [3.63, 3.8) is 0 Å². The summed E-state index contributed by atoms with van der Waals surface area (Å²) in [5, 5.41) is 3.28. The van der Waals surface area contributed by atoms with Crippen LogP contribution >= 0.6 is 0 Å². The van der Waals surface area contributed by atoms with Gasteiger partial charge in [-0.2, -0.15) is 0 Å². The first-order valence-corrected chi connectivity index (χ1v) is 8.30.